The molecular weight excluding hydrogens is 288 g/mol. The molecule has 1 aromatic heterocycles. The van der Waals surface area contributed by atoms with Crippen molar-refractivity contribution in [2.75, 3.05) is 13.9 Å². The Morgan fingerprint density at radius 3 is 2.88 bits per heavy atom. The Bertz CT molecular complexity index is 513. The number of benzene rings is 1. The molecule has 0 saturated carbocycles. The second-order valence-electron chi connectivity index (χ2n) is 3.34. The largest absolute Gasteiger partial charge is 0.466 e. The van der Waals surface area contributed by atoms with E-state index in [2.05, 4.69) is 26.1 Å². The molecule has 0 amide bonds. The fraction of sp³-hybridized carbons (Fsp3) is 0.273. The fourth-order valence-corrected chi connectivity index (χ4v) is 1.64. The molecule has 0 spiro atoms. The molecule has 0 aliphatic rings. The van der Waals surface area contributed by atoms with Crippen molar-refractivity contribution in [1.29, 1.82) is 0 Å². The van der Waals surface area contributed by atoms with Crippen LogP contribution in [0, 0.1) is 6.92 Å². The van der Waals surface area contributed by atoms with Crippen molar-refractivity contribution in [1.82, 2.24) is 10.1 Å². The fourth-order valence-electron chi connectivity index (χ4n) is 1.28. The molecule has 0 radical (unpaired) electrons. The Kier molecular flexibility index (Phi) is 3.75. The number of hydrogen-bond acceptors (Lipinski definition) is 5. The van der Waals surface area contributed by atoms with Crippen molar-refractivity contribution in [3.63, 3.8) is 0 Å². The average Bonchev–Trinajstić information content (AvgIpc) is 2.75. The van der Waals surface area contributed by atoms with E-state index in [0.29, 0.717) is 17.5 Å². The van der Waals surface area contributed by atoms with Crippen LogP contribution in [0.1, 0.15) is 5.82 Å². The summed E-state index contributed by atoms with van der Waals surface area (Å²) in [5.74, 6) is 1.74. The molecule has 1 heterocycles. The highest BCUT2D eigenvalue weighted by Crippen LogP contribution is 2.30. The molecule has 2 rings (SSSR count). The van der Waals surface area contributed by atoms with E-state index in [0.717, 1.165) is 10.0 Å². The maximum atomic E-state index is 5.40. The van der Waals surface area contributed by atoms with Crippen LogP contribution < -0.4 is 4.74 Å². The number of methoxy groups -OCH3 is 1. The standard InChI is InChI=1S/C11H11BrN2O3/c1-7-13-11(17-14-7)8-3-4-9(12)10(5-8)16-6-15-2/h3-5H,6H2,1-2H3. The van der Waals surface area contributed by atoms with Crippen LogP contribution in [0.3, 0.4) is 0 Å². The SMILES string of the molecule is COCOc1cc(-c2nc(C)no2)ccc1Br. The molecule has 2 aromatic rings. The topological polar surface area (TPSA) is 57.4 Å². The lowest BCUT2D eigenvalue weighted by Crippen LogP contribution is -1.99. The third-order valence-corrected chi connectivity index (χ3v) is 2.69. The molecule has 90 valence electrons. The van der Waals surface area contributed by atoms with Gasteiger partial charge in [-0.05, 0) is 41.1 Å². The summed E-state index contributed by atoms with van der Waals surface area (Å²) in [6.45, 7) is 1.96. The predicted molar refractivity (Wildman–Crippen MR) is 64.7 cm³/mol. The van der Waals surface area contributed by atoms with E-state index >= 15 is 0 Å². The molecule has 17 heavy (non-hydrogen) atoms. The maximum absolute atomic E-state index is 5.40. The van der Waals surface area contributed by atoms with Crippen LogP contribution in [0.2, 0.25) is 0 Å². The maximum Gasteiger partial charge on any atom is 0.258 e. The lowest BCUT2D eigenvalue weighted by atomic mass is 10.2. The number of aromatic nitrogens is 2. The van der Waals surface area contributed by atoms with E-state index in [1.54, 1.807) is 14.0 Å². The van der Waals surface area contributed by atoms with Gasteiger partial charge in [-0.3, -0.25) is 0 Å². The normalized spacial score (nSPS) is 10.5. The van der Waals surface area contributed by atoms with Crippen molar-refractivity contribution in [2.45, 2.75) is 6.92 Å². The molecule has 0 saturated heterocycles. The number of aryl methyl sites for hydroxylation is 1. The molecular formula is C11H11BrN2O3. The van der Waals surface area contributed by atoms with Crippen molar-refractivity contribution in [3.05, 3.63) is 28.5 Å². The Hall–Kier alpha value is -1.40. The minimum atomic E-state index is 0.185. The zero-order valence-electron chi connectivity index (χ0n) is 9.44. The molecule has 0 fully saturated rings. The summed E-state index contributed by atoms with van der Waals surface area (Å²) in [6, 6.07) is 5.55. The minimum Gasteiger partial charge on any atom is -0.466 e. The van der Waals surface area contributed by atoms with Gasteiger partial charge in [0.1, 0.15) is 5.75 Å². The molecule has 1 aromatic carbocycles. The van der Waals surface area contributed by atoms with E-state index in [4.69, 9.17) is 14.0 Å². The quantitative estimate of drug-likeness (QED) is 0.812. The number of hydrogen-bond donors (Lipinski definition) is 0. The van der Waals surface area contributed by atoms with Gasteiger partial charge in [0.25, 0.3) is 5.89 Å². The highest BCUT2D eigenvalue weighted by molar-refractivity contribution is 9.10. The second kappa shape index (κ2) is 5.29. The molecule has 0 N–H and O–H groups in total. The smallest absolute Gasteiger partial charge is 0.258 e. The van der Waals surface area contributed by atoms with Gasteiger partial charge in [0.15, 0.2) is 12.6 Å². The van der Waals surface area contributed by atoms with Crippen molar-refractivity contribution in [2.24, 2.45) is 0 Å². The molecule has 0 unspecified atom stereocenters. The highest BCUT2D eigenvalue weighted by Gasteiger charge is 2.09. The van der Waals surface area contributed by atoms with Gasteiger partial charge in [0, 0.05) is 12.7 Å². The van der Waals surface area contributed by atoms with Crippen LogP contribution in [0.5, 0.6) is 5.75 Å². The van der Waals surface area contributed by atoms with Crippen molar-refractivity contribution in [3.8, 4) is 17.2 Å². The third-order valence-electron chi connectivity index (χ3n) is 2.04. The summed E-state index contributed by atoms with van der Waals surface area (Å²) in [6.07, 6.45) is 0. The summed E-state index contributed by atoms with van der Waals surface area (Å²) < 4.78 is 16.2. The second-order valence-corrected chi connectivity index (χ2v) is 4.20. The zero-order valence-corrected chi connectivity index (χ0v) is 11.0. The van der Waals surface area contributed by atoms with Crippen LogP contribution in [-0.4, -0.2) is 24.0 Å². The van der Waals surface area contributed by atoms with Gasteiger partial charge in [0.2, 0.25) is 0 Å². The molecule has 0 aliphatic carbocycles. The van der Waals surface area contributed by atoms with Crippen LogP contribution in [0.15, 0.2) is 27.2 Å². The van der Waals surface area contributed by atoms with Crippen LogP contribution in [0.4, 0.5) is 0 Å². The highest BCUT2D eigenvalue weighted by atomic mass is 79.9. The Morgan fingerprint density at radius 1 is 1.41 bits per heavy atom. The third kappa shape index (κ3) is 2.83. The first kappa shape index (κ1) is 12.1. The zero-order chi connectivity index (χ0) is 12.3. The Morgan fingerprint density at radius 2 is 2.24 bits per heavy atom. The summed E-state index contributed by atoms with van der Waals surface area (Å²) in [5, 5.41) is 3.74. The van der Waals surface area contributed by atoms with Gasteiger partial charge in [0.05, 0.1) is 4.47 Å². The summed E-state index contributed by atoms with van der Waals surface area (Å²) >= 11 is 3.39. The van der Waals surface area contributed by atoms with E-state index < -0.39 is 0 Å². The first-order chi connectivity index (χ1) is 8.20. The van der Waals surface area contributed by atoms with Crippen LogP contribution in [0.25, 0.3) is 11.5 Å². The molecule has 5 nitrogen and oxygen atoms in total. The van der Waals surface area contributed by atoms with Crippen LogP contribution >= 0.6 is 15.9 Å². The van der Waals surface area contributed by atoms with E-state index in [9.17, 15) is 0 Å². The number of rotatable bonds is 4. The molecule has 0 atom stereocenters. The van der Waals surface area contributed by atoms with E-state index in [-0.39, 0.29) is 6.79 Å². The first-order valence-electron chi connectivity index (χ1n) is 4.92. The van der Waals surface area contributed by atoms with Gasteiger partial charge in [-0.15, -0.1) is 0 Å². The molecule has 6 heteroatoms. The lowest BCUT2D eigenvalue weighted by Gasteiger charge is -2.07. The van der Waals surface area contributed by atoms with Crippen molar-refractivity contribution < 1.29 is 14.0 Å². The van der Waals surface area contributed by atoms with Gasteiger partial charge < -0.3 is 14.0 Å². The monoisotopic (exact) mass is 298 g/mol. The summed E-state index contributed by atoms with van der Waals surface area (Å²) in [4.78, 5) is 4.15. The Labute approximate surface area is 107 Å². The first-order valence-corrected chi connectivity index (χ1v) is 5.72. The van der Waals surface area contributed by atoms with E-state index in [1.165, 1.54) is 0 Å². The average molecular weight is 299 g/mol. The van der Waals surface area contributed by atoms with Crippen molar-refractivity contribution >= 4 is 15.9 Å². The lowest BCUT2D eigenvalue weighted by molar-refractivity contribution is 0.0506. The van der Waals surface area contributed by atoms with Gasteiger partial charge >= 0.3 is 0 Å². The van der Waals surface area contributed by atoms with Gasteiger partial charge in [-0.1, -0.05) is 5.16 Å². The number of ether oxygens (including phenoxy) is 2. The minimum absolute atomic E-state index is 0.185. The number of nitrogens with zero attached hydrogens (tertiary/aromatic N) is 2. The van der Waals surface area contributed by atoms with E-state index in [1.807, 2.05) is 18.2 Å². The molecule has 0 bridgehead atoms. The number of halogens is 1. The van der Waals surface area contributed by atoms with Crippen LogP contribution in [-0.2, 0) is 4.74 Å². The van der Waals surface area contributed by atoms with Gasteiger partial charge in [-0.25, -0.2) is 0 Å². The molecule has 0 aliphatic heterocycles. The van der Waals surface area contributed by atoms with Gasteiger partial charge in [-0.2, -0.15) is 4.98 Å². The Balaban J connectivity index is 2.30. The summed E-state index contributed by atoms with van der Waals surface area (Å²) in [7, 11) is 1.57. The predicted octanol–water partition coefficient (Wildman–Crippen LogP) is 2.79. The summed E-state index contributed by atoms with van der Waals surface area (Å²) in [5.41, 5.74) is 0.805.